The van der Waals surface area contributed by atoms with Gasteiger partial charge in [-0.1, -0.05) is 38.1 Å². The van der Waals surface area contributed by atoms with Crippen LogP contribution in [0.2, 0.25) is 0 Å². The molecule has 0 saturated heterocycles. The molecule has 1 aliphatic carbocycles. The third-order valence-corrected chi connectivity index (χ3v) is 9.28. The Bertz CT molecular complexity index is 1290. The number of anilines is 1. The van der Waals surface area contributed by atoms with Crippen molar-refractivity contribution in [2.45, 2.75) is 49.7 Å². The summed E-state index contributed by atoms with van der Waals surface area (Å²) >= 11 is 1.08. The topological polar surface area (TPSA) is 106 Å². The molecule has 34 heavy (non-hydrogen) atoms. The molecular weight excluding hydrogens is 472 g/mol. The second kappa shape index (κ2) is 9.38. The van der Waals surface area contributed by atoms with Crippen molar-refractivity contribution < 1.29 is 23.1 Å². The highest BCUT2D eigenvalue weighted by molar-refractivity contribution is 7.94. The minimum atomic E-state index is -3.92. The number of methoxy groups -OCH3 is 1. The predicted molar refractivity (Wildman–Crippen MR) is 133 cm³/mol. The van der Waals surface area contributed by atoms with Crippen LogP contribution in [0.25, 0.3) is 10.6 Å². The maximum Gasteiger partial charge on any atom is 0.335 e. The number of carboxylic acid groups (broad SMARTS) is 1. The second-order valence-corrected chi connectivity index (χ2v) is 12.3. The lowest BCUT2D eigenvalue weighted by atomic mass is 9.71. The lowest BCUT2D eigenvalue weighted by Gasteiger charge is -2.34. The molecule has 1 heterocycles. The minimum absolute atomic E-state index is 0.000241. The number of sulfonamides is 1. The molecular formula is C25H28N2O5S2. The number of benzene rings is 2. The molecule has 2 N–H and O–H groups in total. The SMILES string of the molecule is COc1cc(C(=O)O)ccc1NS(=O)(=O)c1cnc(-c2ccc(C3CCC(C)(C)CC3)cc2)s1. The first-order valence-corrected chi connectivity index (χ1v) is 13.4. The van der Waals surface area contributed by atoms with Crippen LogP contribution in [0.15, 0.2) is 52.9 Å². The summed E-state index contributed by atoms with van der Waals surface area (Å²) in [6, 6.07) is 12.2. The highest BCUT2D eigenvalue weighted by Crippen LogP contribution is 2.42. The van der Waals surface area contributed by atoms with Gasteiger partial charge in [0.1, 0.15) is 10.8 Å². The van der Waals surface area contributed by atoms with Crippen LogP contribution >= 0.6 is 11.3 Å². The van der Waals surface area contributed by atoms with Crippen LogP contribution in [0.1, 0.15) is 61.4 Å². The Morgan fingerprint density at radius 1 is 1.15 bits per heavy atom. The number of aromatic carboxylic acids is 1. The second-order valence-electron chi connectivity index (χ2n) is 9.37. The number of aromatic nitrogens is 1. The van der Waals surface area contributed by atoms with Gasteiger partial charge in [-0.05, 0) is 60.8 Å². The number of carbonyl (C=O) groups is 1. The molecule has 3 aromatic rings. The minimum Gasteiger partial charge on any atom is -0.495 e. The van der Waals surface area contributed by atoms with E-state index in [1.165, 1.54) is 62.8 Å². The Balaban J connectivity index is 1.50. The van der Waals surface area contributed by atoms with Crippen molar-refractivity contribution >= 4 is 33.0 Å². The summed E-state index contributed by atoms with van der Waals surface area (Å²) in [6.07, 6.45) is 6.16. The van der Waals surface area contributed by atoms with Crippen LogP contribution in [0.4, 0.5) is 5.69 Å². The van der Waals surface area contributed by atoms with Gasteiger partial charge in [-0.3, -0.25) is 4.72 Å². The van der Waals surface area contributed by atoms with Crippen LogP contribution in [0.5, 0.6) is 5.75 Å². The first-order valence-electron chi connectivity index (χ1n) is 11.1. The van der Waals surface area contributed by atoms with Gasteiger partial charge in [-0.25, -0.2) is 18.2 Å². The Kier molecular flexibility index (Phi) is 6.69. The van der Waals surface area contributed by atoms with E-state index in [9.17, 15) is 13.2 Å². The van der Waals surface area contributed by atoms with E-state index in [-0.39, 0.29) is 21.2 Å². The standard InChI is InChI=1S/C25H28N2O5S2/c1-25(2)12-10-17(11-13-25)16-4-6-18(7-5-16)23-26-15-22(33-23)34(30,31)27-20-9-8-19(24(28)29)14-21(20)32-3/h4-9,14-15,17,27H,10-13H2,1-3H3,(H,28,29). The van der Waals surface area contributed by atoms with E-state index in [2.05, 4.69) is 35.7 Å². The van der Waals surface area contributed by atoms with Crippen molar-refractivity contribution in [3.8, 4) is 16.3 Å². The molecule has 0 aliphatic heterocycles. The molecule has 1 aromatic heterocycles. The summed E-state index contributed by atoms with van der Waals surface area (Å²) in [4.78, 5) is 15.5. The van der Waals surface area contributed by atoms with Crippen molar-refractivity contribution in [3.05, 3.63) is 59.8 Å². The summed E-state index contributed by atoms with van der Waals surface area (Å²) in [7, 11) is -2.58. The third-order valence-electron chi connectivity index (χ3n) is 6.41. The van der Waals surface area contributed by atoms with Crippen LogP contribution in [-0.2, 0) is 10.0 Å². The number of thiazole rings is 1. The third kappa shape index (κ3) is 5.26. The number of nitrogens with zero attached hydrogens (tertiary/aromatic N) is 1. The van der Waals surface area contributed by atoms with Crippen molar-refractivity contribution in [2.24, 2.45) is 5.41 Å². The van der Waals surface area contributed by atoms with Crippen molar-refractivity contribution in [1.29, 1.82) is 0 Å². The summed E-state index contributed by atoms with van der Waals surface area (Å²) in [5.41, 5.74) is 2.77. The number of nitrogens with one attached hydrogen (secondary N) is 1. The molecule has 0 atom stereocenters. The lowest BCUT2D eigenvalue weighted by molar-refractivity contribution is 0.0696. The fraction of sp³-hybridized carbons (Fsp3) is 0.360. The van der Waals surface area contributed by atoms with E-state index >= 15 is 0 Å². The molecule has 4 rings (SSSR count). The van der Waals surface area contributed by atoms with E-state index in [0.29, 0.717) is 16.3 Å². The summed E-state index contributed by atoms with van der Waals surface area (Å²) in [5, 5.41) is 9.74. The van der Waals surface area contributed by atoms with Crippen LogP contribution in [0.3, 0.4) is 0 Å². The van der Waals surface area contributed by atoms with Gasteiger partial charge in [0.15, 0.2) is 4.21 Å². The Hall–Kier alpha value is -2.91. The molecule has 0 spiro atoms. The largest absolute Gasteiger partial charge is 0.495 e. The van der Waals surface area contributed by atoms with Gasteiger partial charge in [0, 0.05) is 5.56 Å². The molecule has 1 saturated carbocycles. The molecule has 0 unspecified atom stereocenters. The van der Waals surface area contributed by atoms with E-state index in [1.54, 1.807) is 0 Å². The Morgan fingerprint density at radius 2 is 1.82 bits per heavy atom. The average Bonchev–Trinajstić information content (AvgIpc) is 3.31. The van der Waals surface area contributed by atoms with Crippen LogP contribution in [0, 0.1) is 5.41 Å². The zero-order chi connectivity index (χ0) is 24.5. The molecule has 2 aromatic carbocycles. The van der Waals surface area contributed by atoms with Crippen LogP contribution in [-0.4, -0.2) is 31.6 Å². The fourth-order valence-corrected chi connectivity index (χ4v) is 6.46. The quantitative estimate of drug-likeness (QED) is 0.412. The number of carboxylic acids is 1. The first-order chi connectivity index (χ1) is 16.1. The Labute approximate surface area is 203 Å². The van der Waals surface area contributed by atoms with Crippen molar-refractivity contribution in [2.75, 3.05) is 11.8 Å². The number of rotatable bonds is 7. The molecule has 9 heteroatoms. The normalized spacial score (nSPS) is 16.2. The fourth-order valence-electron chi connectivity index (χ4n) is 4.25. The first kappa shape index (κ1) is 24.2. The van der Waals surface area contributed by atoms with E-state index in [4.69, 9.17) is 9.84 Å². The summed E-state index contributed by atoms with van der Waals surface area (Å²) in [5.74, 6) is -0.436. The number of ether oxygens (including phenoxy) is 1. The van der Waals surface area contributed by atoms with Gasteiger partial charge < -0.3 is 9.84 Å². The number of hydrogen-bond acceptors (Lipinski definition) is 6. The van der Waals surface area contributed by atoms with E-state index in [0.717, 1.165) is 16.9 Å². The van der Waals surface area contributed by atoms with Gasteiger partial charge in [-0.15, -0.1) is 11.3 Å². The van der Waals surface area contributed by atoms with E-state index < -0.39 is 16.0 Å². The van der Waals surface area contributed by atoms with Crippen molar-refractivity contribution in [3.63, 3.8) is 0 Å². The van der Waals surface area contributed by atoms with Gasteiger partial charge in [0.25, 0.3) is 10.0 Å². The molecule has 0 bridgehead atoms. The highest BCUT2D eigenvalue weighted by atomic mass is 32.2. The maximum absolute atomic E-state index is 12.9. The summed E-state index contributed by atoms with van der Waals surface area (Å²) < 4.78 is 33.6. The van der Waals surface area contributed by atoms with Gasteiger partial charge in [-0.2, -0.15) is 0 Å². The zero-order valence-corrected chi connectivity index (χ0v) is 21.0. The predicted octanol–water partition coefficient (Wildman–Crippen LogP) is 6.00. The van der Waals surface area contributed by atoms with Gasteiger partial charge in [0.2, 0.25) is 0 Å². The molecule has 7 nitrogen and oxygen atoms in total. The zero-order valence-electron chi connectivity index (χ0n) is 19.4. The van der Waals surface area contributed by atoms with Crippen LogP contribution < -0.4 is 9.46 Å². The maximum atomic E-state index is 12.9. The molecule has 1 aliphatic rings. The monoisotopic (exact) mass is 500 g/mol. The van der Waals surface area contributed by atoms with Crippen molar-refractivity contribution in [1.82, 2.24) is 4.98 Å². The van der Waals surface area contributed by atoms with E-state index in [1.807, 2.05) is 12.1 Å². The Morgan fingerprint density at radius 3 is 2.44 bits per heavy atom. The molecule has 1 fully saturated rings. The number of hydrogen-bond donors (Lipinski definition) is 2. The molecule has 0 radical (unpaired) electrons. The average molecular weight is 501 g/mol. The van der Waals surface area contributed by atoms with Gasteiger partial charge >= 0.3 is 5.97 Å². The molecule has 0 amide bonds. The molecule has 180 valence electrons. The smallest absolute Gasteiger partial charge is 0.335 e. The van der Waals surface area contributed by atoms with Gasteiger partial charge in [0.05, 0.1) is 24.6 Å². The highest BCUT2D eigenvalue weighted by Gasteiger charge is 2.27. The summed E-state index contributed by atoms with van der Waals surface area (Å²) in [6.45, 7) is 4.66. The lowest BCUT2D eigenvalue weighted by Crippen LogP contribution is -2.20.